The number of anilines is 1. The minimum Gasteiger partial charge on any atom is -0.484 e. The van der Waals surface area contributed by atoms with E-state index in [1.54, 1.807) is 42.1 Å². The summed E-state index contributed by atoms with van der Waals surface area (Å²) in [7, 11) is 1.84. The van der Waals surface area contributed by atoms with Crippen molar-refractivity contribution in [3.63, 3.8) is 0 Å². The number of nitrogens with one attached hydrogen (secondary N) is 1. The molecular weight excluding hydrogens is 498 g/mol. The van der Waals surface area contributed by atoms with Gasteiger partial charge in [0.25, 0.3) is 0 Å². The van der Waals surface area contributed by atoms with E-state index in [0.29, 0.717) is 28.4 Å². The smallest absolute Gasteiger partial charge is 0.301 e. The molecule has 2 fully saturated rings. The highest BCUT2D eigenvalue weighted by atomic mass is 19.3. The molecule has 38 heavy (non-hydrogen) atoms. The molecule has 0 unspecified atom stereocenters. The third-order valence-electron chi connectivity index (χ3n) is 6.96. The Kier molecular flexibility index (Phi) is 6.82. The highest BCUT2D eigenvalue weighted by Crippen LogP contribution is 2.47. The van der Waals surface area contributed by atoms with Crippen molar-refractivity contribution in [2.45, 2.75) is 37.7 Å². The number of carbonyl (C=O) groups is 2. The molecule has 1 aliphatic carbocycles. The standard InChI is InChI=1S/C26H28F2N6O4/c1-15-7-16(3-4-21(15)38-22-5-6-34(24(36)12-35)13-26(22,27)28)20-9-23(30-14-29-20)32-25(37)19-8-18(19)17-10-31-33(2)11-17/h3-4,7,9-11,14,18-19,22,35H,5-6,8,12-13H2,1-2H3,(H,29,30,32,37)/t18-,19+,22-/m0/s1. The first-order chi connectivity index (χ1) is 18.1. The molecular formula is C26H28F2N6O4. The van der Waals surface area contributed by atoms with Crippen LogP contribution in [-0.2, 0) is 16.6 Å². The molecule has 2 aromatic heterocycles. The Hall–Kier alpha value is -3.93. The number of rotatable bonds is 7. The molecule has 2 amide bonds. The zero-order valence-corrected chi connectivity index (χ0v) is 21.0. The summed E-state index contributed by atoms with van der Waals surface area (Å²) in [6.45, 7) is 0.226. The number of benzene rings is 1. The number of likely N-dealkylation sites (tertiary alicyclic amines) is 1. The van der Waals surface area contributed by atoms with Crippen LogP contribution in [0.3, 0.4) is 0 Å². The number of carbonyl (C=O) groups excluding carboxylic acids is 2. The summed E-state index contributed by atoms with van der Waals surface area (Å²) in [6, 6.07) is 6.75. The molecule has 2 N–H and O–H groups in total. The number of halogens is 2. The lowest BCUT2D eigenvalue weighted by molar-refractivity contribution is -0.161. The van der Waals surface area contributed by atoms with E-state index >= 15 is 0 Å². The van der Waals surface area contributed by atoms with Crippen molar-refractivity contribution < 1.29 is 28.2 Å². The number of hydrogen-bond acceptors (Lipinski definition) is 7. The van der Waals surface area contributed by atoms with Crippen LogP contribution in [0.25, 0.3) is 11.3 Å². The Labute approximate surface area is 217 Å². The van der Waals surface area contributed by atoms with Crippen LogP contribution in [0.1, 0.15) is 29.9 Å². The van der Waals surface area contributed by atoms with E-state index in [1.807, 2.05) is 13.2 Å². The van der Waals surface area contributed by atoms with Crippen LogP contribution in [0.4, 0.5) is 14.6 Å². The summed E-state index contributed by atoms with van der Waals surface area (Å²) in [5, 5.41) is 16.0. The second-order valence-electron chi connectivity index (χ2n) is 9.78. The van der Waals surface area contributed by atoms with Crippen LogP contribution in [0.5, 0.6) is 5.75 Å². The van der Waals surface area contributed by atoms with Gasteiger partial charge in [0.15, 0.2) is 6.10 Å². The third-order valence-corrected chi connectivity index (χ3v) is 6.96. The molecule has 12 heteroatoms. The fourth-order valence-corrected chi connectivity index (χ4v) is 4.76. The molecule has 5 rings (SSSR count). The molecule has 3 aromatic rings. The van der Waals surface area contributed by atoms with Gasteiger partial charge < -0.3 is 20.1 Å². The SMILES string of the molecule is Cc1cc(-c2cc(NC(=O)[C@@H]3C[C@H]3c3cnn(C)c3)ncn2)ccc1O[C@H]1CCN(C(=O)CO)CC1(F)F. The fraction of sp³-hybridized carbons (Fsp3) is 0.423. The molecule has 1 aromatic carbocycles. The topological polar surface area (TPSA) is 122 Å². The molecule has 1 aliphatic heterocycles. The van der Waals surface area contributed by atoms with E-state index in [9.17, 15) is 18.4 Å². The zero-order chi connectivity index (χ0) is 27.0. The van der Waals surface area contributed by atoms with E-state index in [2.05, 4.69) is 20.4 Å². The number of piperidine rings is 1. The summed E-state index contributed by atoms with van der Waals surface area (Å²) < 4.78 is 36.7. The van der Waals surface area contributed by atoms with E-state index in [-0.39, 0.29) is 30.7 Å². The van der Waals surface area contributed by atoms with E-state index in [1.165, 1.54) is 6.33 Å². The molecule has 0 spiro atoms. The number of aromatic nitrogens is 4. The predicted octanol–water partition coefficient (Wildman–Crippen LogP) is 2.54. The van der Waals surface area contributed by atoms with Crippen LogP contribution in [0, 0.1) is 12.8 Å². The maximum absolute atomic E-state index is 14.7. The summed E-state index contributed by atoms with van der Waals surface area (Å²) in [6.07, 6.45) is 4.35. The van der Waals surface area contributed by atoms with Crippen LogP contribution in [0.15, 0.2) is 43.0 Å². The van der Waals surface area contributed by atoms with Crippen LogP contribution in [0.2, 0.25) is 0 Å². The first kappa shape index (κ1) is 25.7. The first-order valence-electron chi connectivity index (χ1n) is 12.3. The second-order valence-corrected chi connectivity index (χ2v) is 9.78. The predicted molar refractivity (Wildman–Crippen MR) is 133 cm³/mol. The van der Waals surface area contributed by atoms with Crippen molar-refractivity contribution in [2.24, 2.45) is 13.0 Å². The monoisotopic (exact) mass is 526 g/mol. The minimum absolute atomic E-state index is 0.0580. The van der Waals surface area contributed by atoms with Gasteiger partial charge >= 0.3 is 5.92 Å². The number of hydrogen-bond donors (Lipinski definition) is 2. The highest BCUT2D eigenvalue weighted by Gasteiger charge is 2.48. The lowest BCUT2D eigenvalue weighted by Crippen LogP contribution is -2.55. The Morgan fingerprint density at radius 2 is 2.08 bits per heavy atom. The van der Waals surface area contributed by atoms with Gasteiger partial charge in [0, 0.05) is 43.8 Å². The van der Waals surface area contributed by atoms with E-state index in [0.717, 1.165) is 16.9 Å². The molecule has 10 nitrogen and oxygen atoms in total. The lowest BCUT2D eigenvalue weighted by atomic mass is 10.0. The normalized spacial score (nSPS) is 22.1. The fourth-order valence-electron chi connectivity index (χ4n) is 4.76. The van der Waals surface area contributed by atoms with Gasteiger partial charge in [-0.2, -0.15) is 5.10 Å². The summed E-state index contributed by atoms with van der Waals surface area (Å²) in [5.41, 5.74) is 2.94. The first-order valence-corrected chi connectivity index (χ1v) is 12.3. The van der Waals surface area contributed by atoms with Gasteiger partial charge in [-0.1, -0.05) is 0 Å². The second kappa shape index (κ2) is 10.1. The highest BCUT2D eigenvalue weighted by molar-refractivity contribution is 5.94. The molecule has 2 aliphatic rings. The minimum atomic E-state index is -3.26. The Morgan fingerprint density at radius 3 is 2.76 bits per heavy atom. The van der Waals surface area contributed by atoms with Gasteiger partial charge in [0.05, 0.1) is 18.4 Å². The molecule has 0 bridgehead atoms. The zero-order valence-electron chi connectivity index (χ0n) is 21.0. The van der Waals surface area contributed by atoms with Crippen LogP contribution >= 0.6 is 0 Å². The summed E-state index contributed by atoms with van der Waals surface area (Å²) >= 11 is 0. The van der Waals surface area contributed by atoms with E-state index in [4.69, 9.17) is 9.84 Å². The maximum atomic E-state index is 14.7. The van der Waals surface area contributed by atoms with Gasteiger partial charge in [-0.3, -0.25) is 14.3 Å². The Bertz CT molecular complexity index is 1360. The maximum Gasteiger partial charge on any atom is 0.301 e. The molecule has 1 saturated heterocycles. The Morgan fingerprint density at radius 1 is 1.26 bits per heavy atom. The van der Waals surface area contributed by atoms with E-state index < -0.39 is 31.1 Å². The van der Waals surface area contributed by atoms with Crippen molar-refractivity contribution in [1.29, 1.82) is 0 Å². The molecule has 200 valence electrons. The largest absolute Gasteiger partial charge is 0.484 e. The van der Waals surface area contributed by atoms with Crippen molar-refractivity contribution >= 4 is 17.6 Å². The average molecular weight is 527 g/mol. The van der Waals surface area contributed by atoms with Crippen LogP contribution < -0.4 is 10.1 Å². The summed E-state index contributed by atoms with van der Waals surface area (Å²) in [5.74, 6) is -3.41. The van der Waals surface area contributed by atoms with Gasteiger partial charge in [-0.25, -0.2) is 18.7 Å². The third kappa shape index (κ3) is 5.35. The number of aliphatic hydroxyl groups is 1. The number of alkyl halides is 2. The quantitative estimate of drug-likeness (QED) is 0.485. The van der Waals surface area contributed by atoms with Crippen LogP contribution in [-0.4, -0.2) is 73.3 Å². The van der Waals surface area contributed by atoms with Gasteiger partial charge in [0.1, 0.15) is 24.5 Å². The molecule has 3 heterocycles. The van der Waals surface area contributed by atoms with Gasteiger partial charge in [-0.05, 0) is 48.6 Å². The van der Waals surface area contributed by atoms with Crippen molar-refractivity contribution in [1.82, 2.24) is 24.6 Å². The van der Waals surface area contributed by atoms with Crippen molar-refractivity contribution in [2.75, 3.05) is 25.0 Å². The van der Waals surface area contributed by atoms with Crippen molar-refractivity contribution in [3.05, 3.63) is 54.1 Å². The molecule has 0 radical (unpaired) electrons. The lowest BCUT2D eigenvalue weighted by Gasteiger charge is -2.38. The van der Waals surface area contributed by atoms with Gasteiger partial charge in [-0.15, -0.1) is 0 Å². The number of aryl methyl sites for hydroxylation is 2. The Balaban J connectivity index is 1.23. The van der Waals surface area contributed by atoms with Crippen molar-refractivity contribution in [3.8, 4) is 17.0 Å². The molecule has 1 saturated carbocycles. The van der Waals surface area contributed by atoms with Gasteiger partial charge in [0.2, 0.25) is 11.8 Å². The number of ether oxygens (including phenoxy) is 1. The molecule has 3 atom stereocenters. The summed E-state index contributed by atoms with van der Waals surface area (Å²) in [4.78, 5) is 33.7. The number of amides is 2. The number of aliphatic hydroxyl groups excluding tert-OH is 1. The average Bonchev–Trinajstić information content (AvgIpc) is 3.58. The number of nitrogens with zero attached hydrogens (tertiary/aromatic N) is 5.